The molecular formula is C17H29N3O5. The first kappa shape index (κ1) is 19.3. The molecule has 8 nitrogen and oxygen atoms in total. The summed E-state index contributed by atoms with van der Waals surface area (Å²) >= 11 is 0. The molecule has 25 heavy (non-hydrogen) atoms. The Balaban J connectivity index is 2.06. The molecule has 0 radical (unpaired) electrons. The first-order valence-corrected chi connectivity index (χ1v) is 8.92. The van der Waals surface area contributed by atoms with Crippen molar-refractivity contribution in [2.75, 3.05) is 32.7 Å². The molecule has 0 aromatic heterocycles. The van der Waals surface area contributed by atoms with Crippen LogP contribution >= 0.6 is 0 Å². The minimum absolute atomic E-state index is 0.240. The summed E-state index contributed by atoms with van der Waals surface area (Å²) in [6.07, 6.45) is 2.88. The van der Waals surface area contributed by atoms with Crippen molar-refractivity contribution < 1.29 is 24.2 Å². The second kappa shape index (κ2) is 7.93. The van der Waals surface area contributed by atoms with Crippen molar-refractivity contribution in [3.8, 4) is 0 Å². The maximum Gasteiger partial charge on any atom is 0.410 e. The molecular weight excluding hydrogens is 326 g/mol. The number of carboxylic acids is 1. The van der Waals surface area contributed by atoms with Gasteiger partial charge in [-0.1, -0.05) is 0 Å². The molecule has 0 aromatic rings. The SMILES string of the molecule is CC(C)(C)OC(=O)N1CCC[C@H](N(CC(=O)O)C(=O)N2CCCC2)C1. The maximum absolute atomic E-state index is 12.7. The zero-order chi connectivity index (χ0) is 18.6. The van der Waals surface area contributed by atoms with Gasteiger partial charge < -0.3 is 24.5 Å². The fourth-order valence-corrected chi connectivity index (χ4v) is 3.29. The van der Waals surface area contributed by atoms with Crippen molar-refractivity contribution in [1.29, 1.82) is 0 Å². The van der Waals surface area contributed by atoms with Crippen LogP contribution in [-0.4, -0.2) is 82.3 Å². The molecule has 0 saturated carbocycles. The molecule has 0 aromatic carbocycles. The molecule has 0 bridgehead atoms. The highest BCUT2D eigenvalue weighted by Gasteiger charge is 2.35. The quantitative estimate of drug-likeness (QED) is 0.836. The number of carbonyl (C=O) groups excluding carboxylic acids is 2. The van der Waals surface area contributed by atoms with Crippen LogP contribution in [0.1, 0.15) is 46.5 Å². The Labute approximate surface area is 148 Å². The van der Waals surface area contributed by atoms with E-state index in [1.54, 1.807) is 30.6 Å². The number of urea groups is 1. The summed E-state index contributed by atoms with van der Waals surface area (Å²) in [5.41, 5.74) is -0.587. The molecule has 2 fully saturated rings. The molecule has 8 heteroatoms. The summed E-state index contributed by atoms with van der Waals surface area (Å²) in [7, 11) is 0. The van der Waals surface area contributed by atoms with Gasteiger partial charge in [-0.3, -0.25) is 4.79 Å². The van der Waals surface area contributed by atoms with Gasteiger partial charge >= 0.3 is 18.1 Å². The van der Waals surface area contributed by atoms with Crippen LogP contribution in [0.15, 0.2) is 0 Å². The first-order valence-electron chi connectivity index (χ1n) is 8.92. The average molecular weight is 355 g/mol. The minimum Gasteiger partial charge on any atom is -0.480 e. The van der Waals surface area contributed by atoms with Gasteiger partial charge in [-0.05, 0) is 46.5 Å². The summed E-state index contributed by atoms with van der Waals surface area (Å²) < 4.78 is 5.40. The fraction of sp³-hybridized carbons (Fsp3) is 0.824. The van der Waals surface area contributed by atoms with E-state index in [0.29, 0.717) is 39.0 Å². The Morgan fingerprint density at radius 2 is 1.68 bits per heavy atom. The third kappa shape index (κ3) is 5.51. The van der Waals surface area contributed by atoms with E-state index >= 15 is 0 Å². The number of hydrogen-bond donors (Lipinski definition) is 1. The Bertz CT molecular complexity index is 511. The molecule has 2 aliphatic rings. The number of amides is 3. The number of carboxylic acid groups (broad SMARTS) is 1. The molecule has 0 unspecified atom stereocenters. The Morgan fingerprint density at radius 1 is 1.08 bits per heavy atom. The molecule has 2 saturated heterocycles. The van der Waals surface area contributed by atoms with Crippen LogP contribution < -0.4 is 0 Å². The third-order valence-corrected chi connectivity index (χ3v) is 4.42. The highest BCUT2D eigenvalue weighted by molar-refractivity contribution is 5.81. The zero-order valence-electron chi connectivity index (χ0n) is 15.4. The van der Waals surface area contributed by atoms with Crippen molar-refractivity contribution >= 4 is 18.1 Å². The number of nitrogens with zero attached hydrogens (tertiary/aromatic N) is 3. The lowest BCUT2D eigenvalue weighted by atomic mass is 10.0. The largest absolute Gasteiger partial charge is 0.480 e. The van der Waals surface area contributed by atoms with Crippen molar-refractivity contribution in [2.24, 2.45) is 0 Å². The van der Waals surface area contributed by atoms with Crippen LogP contribution in [0.25, 0.3) is 0 Å². The van der Waals surface area contributed by atoms with Crippen LogP contribution in [0.3, 0.4) is 0 Å². The Morgan fingerprint density at radius 3 is 2.24 bits per heavy atom. The molecule has 2 heterocycles. The van der Waals surface area contributed by atoms with Gasteiger partial charge in [-0.25, -0.2) is 9.59 Å². The van der Waals surface area contributed by atoms with Crippen molar-refractivity contribution in [3.63, 3.8) is 0 Å². The van der Waals surface area contributed by atoms with Gasteiger partial charge in [0.05, 0.1) is 6.04 Å². The normalized spacial score (nSPS) is 21.2. The fourth-order valence-electron chi connectivity index (χ4n) is 3.29. The minimum atomic E-state index is -1.04. The molecule has 0 aliphatic carbocycles. The number of likely N-dealkylation sites (tertiary alicyclic amines) is 2. The number of aliphatic carboxylic acids is 1. The summed E-state index contributed by atoms with van der Waals surface area (Å²) in [6, 6.07) is -0.540. The van der Waals surface area contributed by atoms with E-state index in [0.717, 1.165) is 12.8 Å². The van der Waals surface area contributed by atoms with E-state index < -0.39 is 17.7 Å². The van der Waals surface area contributed by atoms with Crippen LogP contribution in [0, 0.1) is 0 Å². The summed E-state index contributed by atoms with van der Waals surface area (Å²) in [4.78, 5) is 41.0. The second-order valence-corrected chi connectivity index (χ2v) is 7.72. The van der Waals surface area contributed by atoms with Gasteiger partial charge in [-0.2, -0.15) is 0 Å². The molecule has 142 valence electrons. The van der Waals surface area contributed by atoms with Crippen molar-refractivity contribution in [1.82, 2.24) is 14.7 Å². The summed E-state index contributed by atoms with van der Waals surface area (Å²) in [5, 5.41) is 9.22. The number of rotatable bonds is 3. The lowest BCUT2D eigenvalue weighted by Crippen LogP contribution is -2.56. The monoisotopic (exact) mass is 355 g/mol. The van der Waals surface area contributed by atoms with Crippen LogP contribution in [0.4, 0.5) is 9.59 Å². The van der Waals surface area contributed by atoms with E-state index in [1.165, 1.54) is 4.90 Å². The number of piperidine rings is 1. The Kier molecular flexibility index (Phi) is 6.13. The molecule has 1 atom stereocenters. The zero-order valence-corrected chi connectivity index (χ0v) is 15.4. The van der Waals surface area contributed by atoms with Gasteiger partial charge in [0.25, 0.3) is 0 Å². The predicted molar refractivity (Wildman–Crippen MR) is 91.4 cm³/mol. The lowest BCUT2D eigenvalue weighted by molar-refractivity contribution is -0.138. The van der Waals surface area contributed by atoms with Crippen LogP contribution in [0.5, 0.6) is 0 Å². The predicted octanol–water partition coefficient (Wildman–Crippen LogP) is 1.99. The van der Waals surface area contributed by atoms with Gasteiger partial charge in [0.2, 0.25) is 0 Å². The Hall–Kier alpha value is -1.99. The maximum atomic E-state index is 12.7. The number of carbonyl (C=O) groups is 3. The number of hydrogen-bond acceptors (Lipinski definition) is 4. The molecule has 0 spiro atoms. The van der Waals surface area contributed by atoms with Crippen molar-refractivity contribution in [3.05, 3.63) is 0 Å². The summed E-state index contributed by atoms with van der Waals surface area (Å²) in [6.45, 7) is 7.27. The van der Waals surface area contributed by atoms with Gasteiger partial charge in [0, 0.05) is 26.2 Å². The smallest absolute Gasteiger partial charge is 0.410 e. The molecule has 1 N–H and O–H groups in total. The molecule has 2 aliphatic heterocycles. The van der Waals surface area contributed by atoms with E-state index in [4.69, 9.17) is 4.74 Å². The van der Waals surface area contributed by atoms with E-state index in [9.17, 15) is 19.5 Å². The number of ether oxygens (including phenoxy) is 1. The third-order valence-electron chi connectivity index (χ3n) is 4.42. The standard InChI is InChI=1S/C17H29N3O5/c1-17(2,3)25-16(24)19-10-6-7-13(11-19)20(12-14(21)22)15(23)18-8-4-5-9-18/h13H,4-12H2,1-3H3,(H,21,22)/t13-/m0/s1. The lowest BCUT2D eigenvalue weighted by Gasteiger charge is -2.40. The highest BCUT2D eigenvalue weighted by atomic mass is 16.6. The molecule has 3 amide bonds. The first-order chi connectivity index (χ1) is 11.7. The average Bonchev–Trinajstić information content (AvgIpc) is 3.04. The van der Waals surface area contributed by atoms with E-state index in [2.05, 4.69) is 0 Å². The van der Waals surface area contributed by atoms with Crippen LogP contribution in [-0.2, 0) is 9.53 Å². The second-order valence-electron chi connectivity index (χ2n) is 7.72. The van der Waals surface area contributed by atoms with Gasteiger partial charge in [0.15, 0.2) is 0 Å². The van der Waals surface area contributed by atoms with Gasteiger partial charge in [0.1, 0.15) is 12.1 Å². The topological polar surface area (TPSA) is 90.4 Å². The van der Waals surface area contributed by atoms with Gasteiger partial charge in [-0.15, -0.1) is 0 Å². The van der Waals surface area contributed by atoms with E-state index in [1.807, 2.05) is 0 Å². The van der Waals surface area contributed by atoms with Crippen LogP contribution in [0.2, 0.25) is 0 Å². The highest BCUT2D eigenvalue weighted by Crippen LogP contribution is 2.21. The van der Waals surface area contributed by atoms with E-state index in [-0.39, 0.29) is 18.6 Å². The van der Waals surface area contributed by atoms with Crippen molar-refractivity contribution in [2.45, 2.75) is 58.1 Å². The molecule has 2 rings (SSSR count). The summed E-state index contributed by atoms with van der Waals surface area (Å²) in [5.74, 6) is -1.04.